The summed E-state index contributed by atoms with van der Waals surface area (Å²) in [4.78, 5) is 11.9. The number of halogens is 4. The Balaban J connectivity index is 0.00000338. The van der Waals surface area contributed by atoms with E-state index < -0.39 is 12.8 Å². The van der Waals surface area contributed by atoms with Gasteiger partial charge in [0, 0.05) is 25.6 Å². The lowest BCUT2D eigenvalue weighted by molar-refractivity contribution is -0.153. The Kier molecular flexibility index (Phi) is 8.97. The Morgan fingerprint density at radius 3 is 2.77 bits per heavy atom. The molecular weight excluding hydrogens is 377 g/mol. The molecule has 10 heteroatoms. The van der Waals surface area contributed by atoms with E-state index in [2.05, 4.69) is 10.6 Å². The molecule has 2 N–H and O–H groups in total. The molecule has 0 bridgehead atoms. The van der Waals surface area contributed by atoms with Crippen molar-refractivity contribution in [3.8, 4) is 11.5 Å². The van der Waals surface area contributed by atoms with Crippen LogP contribution in [0.5, 0.6) is 11.5 Å². The smallest absolute Gasteiger partial charge is 0.422 e. The summed E-state index contributed by atoms with van der Waals surface area (Å²) < 4.78 is 51.7. The fourth-order valence-electron chi connectivity index (χ4n) is 2.35. The highest BCUT2D eigenvalue weighted by Crippen LogP contribution is 2.29. The van der Waals surface area contributed by atoms with Gasteiger partial charge >= 0.3 is 6.18 Å². The highest BCUT2D eigenvalue weighted by Gasteiger charge is 2.29. The summed E-state index contributed by atoms with van der Waals surface area (Å²) in [7, 11) is 1.34. The average Bonchev–Trinajstić information content (AvgIpc) is 2.58. The van der Waals surface area contributed by atoms with Crippen molar-refractivity contribution in [1.29, 1.82) is 0 Å². The molecule has 0 radical (unpaired) electrons. The van der Waals surface area contributed by atoms with Crippen molar-refractivity contribution in [3.63, 3.8) is 0 Å². The van der Waals surface area contributed by atoms with Crippen molar-refractivity contribution in [3.05, 3.63) is 23.8 Å². The Hall–Kier alpha value is -1.71. The van der Waals surface area contributed by atoms with Crippen LogP contribution in [-0.2, 0) is 16.1 Å². The molecule has 2 rings (SSSR count). The van der Waals surface area contributed by atoms with Gasteiger partial charge in [-0.15, -0.1) is 12.4 Å². The highest BCUT2D eigenvalue weighted by molar-refractivity contribution is 5.85. The Morgan fingerprint density at radius 2 is 2.15 bits per heavy atom. The molecule has 1 aliphatic rings. The molecule has 26 heavy (non-hydrogen) atoms. The molecule has 0 saturated carbocycles. The molecule has 1 aromatic carbocycles. The van der Waals surface area contributed by atoms with Crippen LogP contribution in [0.4, 0.5) is 13.2 Å². The molecule has 1 heterocycles. The zero-order valence-electron chi connectivity index (χ0n) is 14.2. The number of hydrogen-bond donors (Lipinski definition) is 2. The first-order valence-corrected chi connectivity index (χ1v) is 7.81. The standard InChI is InChI=1S/C16H21F3N2O4.ClH/c1-23-14-6-11(2-3-13(14)25-10-16(17,18)19)8-21-15(22)7-12-9-24-5-4-20-12;/h2-3,6,12,20H,4-5,7-10H2,1H3,(H,21,22);1H. The van der Waals surface area contributed by atoms with Crippen LogP contribution in [0.2, 0.25) is 0 Å². The van der Waals surface area contributed by atoms with Crippen LogP contribution < -0.4 is 20.1 Å². The summed E-state index contributed by atoms with van der Waals surface area (Å²) in [6, 6.07) is 4.49. The number of alkyl halides is 3. The molecule has 148 valence electrons. The molecule has 1 atom stereocenters. The predicted octanol–water partition coefficient (Wildman–Crippen LogP) is 2.05. The summed E-state index contributed by atoms with van der Waals surface area (Å²) in [5.74, 6) is 0.0381. The number of methoxy groups -OCH3 is 1. The highest BCUT2D eigenvalue weighted by atomic mass is 35.5. The molecule has 1 fully saturated rings. The van der Waals surface area contributed by atoms with Crippen LogP contribution in [-0.4, -0.2) is 51.6 Å². The first-order valence-electron chi connectivity index (χ1n) is 7.81. The van der Waals surface area contributed by atoms with Gasteiger partial charge in [-0.25, -0.2) is 0 Å². The minimum Gasteiger partial charge on any atom is -0.493 e. The van der Waals surface area contributed by atoms with Crippen LogP contribution in [0, 0.1) is 0 Å². The molecule has 1 saturated heterocycles. The largest absolute Gasteiger partial charge is 0.493 e. The van der Waals surface area contributed by atoms with Gasteiger partial charge in [0.25, 0.3) is 0 Å². The van der Waals surface area contributed by atoms with E-state index in [1.807, 2.05) is 0 Å². The second-order valence-electron chi connectivity index (χ2n) is 5.60. The van der Waals surface area contributed by atoms with Gasteiger partial charge in [-0.2, -0.15) is 13.2 Å². The summed E-state index contributed by atoms with van der Waals surface area (Å²) in [5, 5.41) is 5.95. The fourth-order valence-corrected chi connectivity index (χ4v) is 2.35. The van der Waals surface area contributed by atoms with Crippen molar-refractivity contribution in [2.75, 3.05) is 33.5 Å². The van der Waals surface area contributed by atoms with Crippen molar-refractivity contribution in [2.24, 2.45) is 0 Å². The van der Waals surface area contributed by atoms with Crippen molar-refractivity contribution in [1.82, 2.24) is 10.6 Å². The molecule has 0 aromatic heterocycles. The molecule has 0 aliphatic carbocycles. The first kappa shape index (κ1) is 22.3. The van der Waals surface area contributed by atoms with E-state index in [-0.39, 0.29) is 42.4 Å². The number of nitrogens with one attached hydrogen (secondary N) is 2. The number of amides is 1. The van der Waals surface area contributed by atoms with Gasteiger partial charge in [0.15, 0.2) is 18.1 Å². The number of benzene rings is 1. The van der Waals surface area contributed by atoms with E-state index in [1.54, 1.807) is 6.07 Å². The maximum atomic E-state index is 12.2. The average molecular weight is 399 g/mol. The first-order chi connectivity index (χ1) is 11.9. The third-order valence-electron chi connectivity index (χ3n) is 3.54. The number of carbonyl (C=O) groups excluding carboxylic acids is 1. The van der Waals surface area contributed by atoms with Gasteiger partial charge in [0.2, 0.25) is 5.91 Å². The van der Waals surface area contributed by atoms with Gasteiger partial charge < -0.3 is 24.8 Å². The molecule has 6 nitrogen and oxygen atoms in total. The van der Waals surface area contributed by atoms with E-state index in [9.17, 15) is 18.0 Å². The molecule has 1 aliphatic heterocycles. The number of morpholine rings is 1. The maximum Gasteiger partial charge on any atom is 0.422 e. The Morgan fingerprint density at radius 1 is 1.38 bits per heavy atom. The van der Waals surface area contributed by atoms with Crippen LogP contribution in [0.15, 0.2) is 18.2 Å². The Labute approximate surface area is 155 Å². The van der Waals surface area contributed by atoms with Gasteiger partial charge in [0.1, 0.15) is 0 Å². The summed E-state index contributed by atoms with van der Waals surface area (Å²) >= 11 is 0. The predicted molar refractivity (Wildman–Crippen MR) is 90.9 cm³/mol. The SMILES string of the molecule is COc1cc(CNC(=O)CC2COCCN2)ccc1OCC(F)(F)F.Cl. The van der Waals surface area contributed by atoms with Crippen LogP contribution in [0.25, 0.3) is 0 Å². The number of rotatable bonds is 7. The second-order valence-corrected chi connectivity index (χ2v) is 5.60. The monoisotopic (exact) mass is 398 g/mol. The molecule has 1 unspecified atom stereocenters. The molecular formula is C16H22ClF3N2O4. The minimum absolute atomic E-state index is 0. The molecule has 1 aromatic rings. The van der Waals surface area contributed by atoms with Gasteiger partial charge in [0.05, 0.1) is 20.3 Å². The number of ether oxygens (including phenoxy) is 3. The fraction of sp³-hybridized carbons (Fsp3) is 0.562. The second kappa shape index (κ2) is 10.4. The van der Waals surface area contributed by atoms with E-state index in [0.717, 1.165) is 0 Å². The summed E-state index contributed by atoms with van der Waals surface area (Å²) in [6.45, 7) is 0.694. The summed E-state index contributed by atoms with van der Waals surface area (Å²) in [6.07, 6.45) is -4.13. The lowest BCUT2D eigenvalue weighted by atomic mass is 10.1. The van der Waals surface area contributed by atoms with Crippen LogP contribution >= 0.6 is 12.4 Å². The van der Waals surface area contributed by atoms with E-state index >= 15 is 0 Å². The number of hydrogen-bond acceptors (Lipinski definition) is 5. The van der Waals surface area contributed by atoms with Crippen LogP contribution in [0.1, 0.15) is 12.0 Å². The normalized spacial score (nSPS) is 17.2. The maximum absolute atomic E-state index is 12.2. The lowest BCUT2D eigenvalue weighted by Crippen LogP contribution is -2.44. The van der Waals surface area contributed by atoms with Gasteiger partial charge in [-0.1, -0.05) is 6.07 Å². The van der Waals surface area contributed by atoms with Gasteiger partial charge in [-0.3, -0.25) is 4.79 Å². The third-order valence-corrected chi connectivity index (χ3v) is 3.54. The summed E-state index contributed by atoms with van der Waals surface area (Å²) in [5.41, 5.74) is 0.692. The van der Waals surface area contributed by atoms with E-state index in [1.165, 1.54) is 19.2 Å². The minimum atomic E-state index is -4.42. The lowest BCUT2D eigenvalue weighted by Gasteiger charge is -2.23. The Bertz CT molecular complexity index is 581. The van der Waals surface area contributed by atoms with Crippen molar-refractivity contribution < 1.29 is 32.2 Å². The zero-order valence-corrected chi connectivity index (χ0v) is 15.0. The van der Waals surface area contributed by atoms with E-state index in [0.29, 0.717) is 31.7 Å². The van der Waals surface area contributed by atoms with Crippen molar-refractivity contribution in [2.45, 2.75) is 25.2 Å². The van der Waals surface area contributed by atoms with E-state index in [4.69, 9.17) is 14.2 Å². The topological polar surface area (TPSA) is 68.8 Å². The van der Waals surface area contributed by atoms with Crippen LogP contribution in [0.3, 0.4) is 0 Å². The quantitative estimate of drug-likeness (QED) is 0.735. The zero-order chi connectivity index (χ0) is 18.3. The van der Waals surface area contributed by atoms with Crippen molar-refractivity contribution >= 4 is 18.3 Å². The van der Waals surface area contributed by atoms with Gasteiger partial charge in [-0.05, 0) is 17.7 Å². The molecule has 0 spiro atoms. The number of carbonyl (C=O) groups is 1. The molecule has 1 amide bonds. The third kappa shape index (κ3) is 7.67.